The predicted octanol–water partition coefficient (Wildman–Crippen LogP) is 4.12. The van der Waals surface area contributed by atoms with Gasteiger partial charge in [-0.2, -0.15) is 0 Å². The number of aryl methyl sites for hydroxylation is 1. The number of nitrogens with one attached hydrogen (secondary N) is 2. The Bertz CT molecular complexity index is 707. The number of aromatic nitrogens is 2. The first-order valence-corrected chi connectivity index (χ1v) is 6.87. The second-order valence-corrected chi connectivity index (χ2v) is 4.79. The van der Waals surface area contributed by atoms with Crippen LogP contribution in [-0.4, -0.2) is 9.97 Å². The van der Waals surface area contributed by atoms with E-state index >= 15 is 0 Å². The van der Waals surface area contributed by atoms with Crippen molar-refractivity contribution in [3.8, 4) is 11.5 Å². The standard InChI is InChI=1S/C17H17N3O/c1-13-18-11-15(20-13)12-19-14-6-5-9-17(10-14)21-16-7-3-2-4-8-16/h2-11,19H,12H2,1H3,(H,18,20). The third kappa shape index (κ3) is 3.63. The molecule has 3 rings (SSSR count). The Morgan fingerprint density at radius 2 is 1.86 bits per heavy atom. The van der Waals surface area contributed by atoms with Crippen LogP contribution in [0.4, 0.5) is 5.69 Å². The Hall–Kier alpha value is -2.75. The van der Waals surface area contributed by atoms with E-state index in [1.54, 1.807) is 0 Å². The average Bonchev–Trinajstić information content (AvgIpc) is 2.92. The SMILES string of the molecule is Cc1ncc(CNc2cccc(Oc3ccccc3)c2)[nH]1. The average molecular weight is 279 g/mol. The van der Waals surface area contributed by atoms with E-state index < -0.39 is 0 Å². The van der Waals surface area contributed by atoms with E-state index in [0.29, 0.717) is 6.54 Å². The molecule has 4 heteroatoms. The molecule has 0 unspecified atom stereocenters. The van der Waals surface area contributed by atoms with Gasteiger partial charge in [-0.05, 0) is 31.2 Å². The van der Waals surface area contributed by atoms with E-state index in [0.717, 1.165) is 28.7 Å². The van der Waals surface area contributed by atoms with Crippen molar-refractivity contribution in [1.29, 1.82) is 0 Å². The topological polar surface area (TPSA) is 49.9 Å². The molecule has 0 spiro atoms. The molecule has 0 amide bonds. The molecule has 1 heterocycles. The molecule has 4 nitrogen and oxygen atoms in total. The molecule has 0 atom stereocenters. The van der Waals surface area contributed by atoms with Crippen LogP contribution < -0.4 is 10.1 Å². The first-order chi connectivity index (χ1) is 10.3. The summed E-state index contributed by atoms with van der Waals surface area (Å²) in [5, 5.41) is 3.35. The van der Waals surface area contributed by atoms with Crippen molar-refractivity contribution in [3.05, 3.63) is 72.3 Å². The highest BCUT2D eigenvalue weighted by Gasteiger charge is 2.00. The summed E-state index contributed by atoms with van der Waals surface area (Å²) in [4.78, 5) is 7.38. The second kappa shape index (κ2) is 6.13. The van der Waals surface area contributed by atoms with E-state index in [1.165, 1.54) is 0 Å². The van der Waals surface area contributed by atoms with Crippen LogP contribution in [0.2, 0.25) is 0 Å². The van der Waals surface area contributed by atoms with Gasteiger partial charge in [0.15, 0.2) is 0 Å². The fourth-order valence-electron chi connectivity index (χ4n) is 2.05. The summed E-state index contributed by atoms with van der Waals surface area (Å²) in [5.74, 6) is 2.57. The van der Waals surface area contributed by atoms with Gasteiger partial charge >= 0.3 is 0 Å². The fraction of sp³-hybridized carbons (Fsp3) is 0.118. The molecule has 0 saturated carbocycles. The molecule has 0 fully saturated rings. The minimum Gasteiger partial charge on any atom is -0.457 e. The van der Waals surface area contributed by atoms with Crippen molar-refractivity contribution < 1.29 is 4.74 Å². The maximum atomic E-state index is 5.82. The van der Waals surface area contributed by atoms with Crippen molar-refractivity contribution in [2.24, 2.45) is 0 Å². The van der Waals surface area contributed by atoms with Crippen LogP contribution >= 0.6 is 0 Å². The number of imidazole rings is 1. The van der Waals surface area contributed by atoms with E-state index in [4.69, 9.17) is 4.74 Å². The summed E-state index contributed by atoms with van der Waals surface area (Å²) in [6.45, 7) is 2.65. The molecular formula is C17H17N3O. The number of aromatic amines is 1. The summed E-state index contributed by atoms with van der Waals surface area (Å²) in [6, 6.07) is 17.7. The normalized spacial score (nSPS) is 10.3. The highest BCUT2D eigenvalue weighted by molar-refractivity contribution is 5.49. The number of benzene rings is 2. The fourth-order valence-corrected chi connectivity index (χ4v) is 2.05. The van der Waals surface area contributed by atoms with Gasteiger partial charge in [0.2, 0.25) is 0 Å². The van der Waals surface area contributed by atoms with Crippen LogP contribution in [-0.2, 0) is 6.54 Å². The van der Waals surface area contributed by atoms with Gasteiger partial charge in [-0.3, -0.25) is 0 Å². The largest absolute Gasteiger partial charge is 0.457 e. The lowest BCUT2D eigenvalue weighted by atomic mass is 10.3. The molecular weight excluding hydrogens is 262 g/mol. The molecule has 0 aliphatic rings. The van der Waals surface area contributed by atoms with Gasteiger partial charge < -0.3 is 15.0 Å². The molecule has 0 aliphatic carbocycles. The molecule has 2 aromatic carbocycles. The Kier molecular flexibility index (Phi) is 3.87. The Labute approximate surface area is 123 Å². The smallest absolute Gasteiger partial charge is 0.129 e. The predicted molar refractivity (Wildman–Crippen MR) is 83.6 cm³/mol. The Morgan fingerprint density at radius 3 is 2.62 bits per heavy atom. The van der Waals surface area contributed by atoms with Crippen molar-refractivity contribution >= 4 is 5.69 Å². The summed E-state index contributed by atoms with van der Waals surface area (Å²) in [7, 11) is 0. The quantitative estimate of drug-likeness (QED) is 0.738. The molecule has 1 aromatic heterocycles. The first kappa shape index (κ1) is 13.2. The van der Waals surface area contributed by atoms with Crippen molar-refractivity contribution in [2.45, 2.75) is 13.5 Å². The van der Waals surface area contributed by atoms with Crippen LogP contribution in [0, 0.1) is 6.92 Å². The van der Waals surface area contributed by atoms with Crippen LogP contribution in [0.1, 0.15) is 11.5 Å². The van der Waals surface area contributed by atoms with Gasteiger partial charge in [0, 0.05) is 11.8 Å². The zero-order chi connectivity index (χ0) is 14.5. The number of rotatable bonds is 5. The lowest BCUT2D eigenvalue weighted by Crippen LogP contribution is -1.99. The molecule has 0 saturated heterocycles. The Balaban J connectivity index is 1.65. The molecule has 3 aromatic rings. The minimum absolute atomic E-state index is 0.704. The van der Waals surface area contributed by atoms with Gasteiger partial charge in [-0.15, -0.1) is 0 Å². The van der Waals surface area contributed by atoms with Crippen molar-refractivity contribution in [1.82, 2.24) is 9.97 Å². The zero-order valence-corrected chi connectivity index (χ0v) is 11.8. The third-order valence-corrected chi connectivity index (χ3v) is 3.05. The maximum Gasteiger partial charge on any atom is 0.129 e. The molecule has 2 N–H and O–H groups in total. The molecule has 0 radical (unpaired) electrons. The lowest BCUT2D eigenvalue weighted by molar-refractivity contribution is 0.483. The van der Waals surface area contributed by atoms with Crippen LogP contribution in [0.5, 0.6) is 11.5 Å². The number of hydrogen-bond donors (Lipinski definition) is 2. The molecule has 0 aliphatic heterocycles. The second-order valence-electron chi connectivity index (χ2n) is 4.79. The number of para-hydroxylation sites is 1. The summed E-state index contributed by atoms with van der Waals surface area (Å²) in [6.07, 6.45) is 1.84. The summed E-state index contributed by atoms with van der Waals surface area (Å²) >= 11 is 0. The lowest BCUT2D eigenvalue weighted by Gasteiger charge is -2.09. The monoisotopic (exact) mass is 279 g/mol. The van der Waals surface area contributed by atoms with E-state index in [2.05, 4.69) is 15.3 Å². The number of anilines is 1. The van der Waals surface area contributed by atoms with Crippen LogP contribution in [0.25, 0.3) is 0 Å². The summed E-state index contributed by atoms with van der Waals surface area (Å²) < 4.78 is 5.82. The minimum atomic E-state index is 0.704. The van der Waals surface area contributed by atoms with Crippen molar-refractivity contribution in [3.63, 3.8) is 0 Å². The maximum absolute atomic E-state index is 5.82. The highest BCUT2D eigenvalue weighted by atomic mass is 16.5. The van der Waals surface area contributed by atoms with Crippen LogP contribution in [0.3, 0.4) is 0 Å². The first-order valence-electron chi connectivity index (χ1n) is 6.87. The zero-order valence-electron chi connectivity index (χ0n) is 11.8. The molecule has 106 valence electrons. The van der Waals surface area contributed by atoms with Gasteiger partial charge in [-0.1, -0.05) is 24.3 Å². The number of ether oxygens (including phenoxy) is 1. The van der Waals surface area contributed by atoms with Gasteiger partial charge in [-0.25, -0.2) is 4.98 Å². The number of nitrogens with zero attached hydrogens (tertiary/aromatic N) is 1. The van der Waals surface area contributed by atoms with Crippen LogP contribution in [0.15, 0.2) is 60.8 Å². The number of hydrogen-bond acceptors (Lipinski definition) is 3. The van der Waals surface area contributed by atoms with Gasteiger partial charge in [0.05, 0.1) is 18.4 Å². The Morgan fingerprint density at radius 1 is 1.05 bits per heavy atom. The van der Waals surface area contributed by atoms with E-state index in [9.17, 15) is 0 Å². The van der Waals surface area contributed by atoms with E-state index in [-0.39, 0.29) is 0 Å². The highest BCUT2D eigenvalue weighted by Crippen LogP contribution is 2.23. The summed E-state index contributed by atoms with van der Waals surface area (Å²) in [5.41, 5.74) is 2.07. The molecule has 21 heavy (non-hydrogen) atoms. The molecule has 0 bridgehead atoms. The van der Waals surface area contributed by atoms with Gasteiger partial charge in [0.1, 0.15) is 17.3 Å². The van der Waals surface area contributed by atoms with Crippen molar-refractivity contribution in [2.75, 3.05) is 5.32 Å². The third-order valence-electron chi connectivity index (χ3n) is 3.05. The number of H-pyrrole nitrogens is 1. The van der Waals surface area contributed by atoms with Gasteiger partial charge in [0.25, 0.3) is 0 Å². The van der Waals surface area contributed by atoms with E-state index in [1.807, 2.05) is 67.7 Å².